The van der Waals surface area contributed by atoms with E-state index in [1.165, 1.54) is 7.11 Å². The maximum absolute atomic E-state index is 12.8. The minimum absolute atomic E-state index is 0.0836. The quantitative estimate of drug-likeness (QED) is 0.190. The monoisotopic (exact) mass is 554 g/mol. The number of hydrogen-bond acceptors (Lipinski definition) is 7. The maximum Gasteiger partial charge on any atom is 0.333 e. The molecule has 0 saturated heterocycles. The highest BCUT2D eigenvalue weighted by molar-refractivity contribution is 7.16. The fourth-order valence-corrected chi connectivity index (χ4v) is 5.18. The van der Waals surface area contributed by atoms with Crippen LogP contribution in [0.25, 0.3) is 10.2 Å². The molecule has 198 valence electrons. The van der Waals surface area contributed by atoms with E-state index < -0.39 is 12.1 Å². The number of benzene rings is 3. The van der Waals surface area contributed by atoms with Gasteiger partial charge in [-0.3, -0.25) is 9.36 Å². The van der Waals surface area contributed by atoms with Crippen molar-refractivity contribution in [3.05, 3.63) is 98.1 Å². The highest BCUT2D eigenvalue weighted by Crippen LogP contribution is 2.23. The highest BCUT2D eigenvalue weighted by Gasteiger charge is 2.18. The van der Waals surface area contributed by atoms with Gasteiger partial charge in [0, 0.05) is 29.2 Å². The molecule has 0 aliphatic heterocycles. The smallest absolute Gasteiger partial charge is 0.333 e. The van der Waals surface area contributed by atoms with Crippen LogP contribution in [0.1, 0.15) is 23.6 Å². The lowest BCUT2D eigenvalue weighted by atomic mass is 10.0. The number of thiazole rings is 1. The number of halogens is 1. The molecular weight excluding hydrogens is 528 g/mol. The zero-order valence-electron chi connectivity index (χ0n) is 20.9. The van der Waals surface area contributed by atoms with Crippen molar-refractivity contribution in [1.29, 1.82) is 0 Å². The van der Waals surface area contributed by atoms with Crippen molar-refractivity contribution in [1.82, 2.24) is 4.57 Å². The first-order valence-corrected chi connectivity index (χ1v) is 13.2. The highest BCUT2D eigenvalue weighted by atomic mass is 35.5. The number of carboxylic acids is 1. The minimum atomic E-state index is -0.987. The Kier molecular flexibility index (Phi) is 9.17. The Morgan fingerprint density at radius 3 is 2.55 bits per heavy atom. The number of fused-ring (bicyclic) bond motifs is 1. The number of oxime groups is 1. The standard InChI is InChI=1S/C28H27ClN2O6S/c1-3-36-24(27(32)33)15-18-7-10-22(11-8-18)37-14-13-31-23-12-9-20(17-25(23)38-28(31)34)26(30-35-2)19-5-4-6-21(29)16-19/h4-12,16-17,24H,3,13-15H2,1-2H3,(H,32,33). The van der Waals surface area contributed by atoms with E-state index in [2.05, 4.69) is 5.16 Å². The average molecular weight is 555 g/mol. The summed E-state index contributed by atoms with van der Waals surface area (Å²) >= 11 is 7.32. The normalized spacial score (nSPS) is 12.4. The van der Waals surface area contributed by atoms with Crippen LogP contribution in [0.4, 0.5) is 0 Å². The summed E-state index contributed by atoms with van der Waals surface area (Å²) in [6.07, 6.45) is -0.607. The molecule has 1 aromatic heterocycles. The number of aliphatic carboxylic acids is 1. The van der Waals surface area contributed by atoms with Gasteiger partial charge in [0.15, 0.2) is 6.10 Å². The largest absolute Gasteiger partial charge is 0.492 e. The first-order valence-electron chi connectivity index (χ1n) is 12.0. The molecule has 1 unspecified atom stereocenters. The second-order valence-electron chi connectivity index (χ2n) is 8.31. The van der Waals surface area contributed by atoms with Crippen LogP contribution in [-0.4, -0.2) is 47.8 Å². The van der Waals surface area contributed by atoms with E-state index >= 15 is 0 Å². The molecule has 1 heterocycles. The Morgan fingerprint density at radius 2 is 1.87 bits per heavy atom. The van der Waals surface area contributed by atoms with Gasteiger partial charge in [-0.2, -0.15) is 0 Å². The van der Waals surface area contributed by atoms with Crippen LogP contribution >= 0.6 is 22.9 Å². The van der Waals surface area contributed by atoms with Crippen LogP contribution in [0.3, 0.4) is 0 Å². The van der Waals surface area contributed by atoms with Gasteiger partial charge in [-0.1, -0.05) is 58.4 Å². The number of ether oxygens (including phenoxy) is 2. The van der Waals surface area contributed by atoms with Crippen molar-refractivity contribution in [2.24, 2.45) is 5.16 Å². The first kappa shape index (κ1) is 27.4. The predicted molar refractivity (Wildman–Crippen MR) is 149 cm³/mol. The summed E-state index contributed by atoms with van der Waals surface area (Å²) in [7, 11) is 1.49. The van der Waals surface area contributed by atoms with E-state index in [4.69, 9.17) is 25.9 Å². The molecular formula is C28H27ClN2O6S. The Morgan fingerprint density at radius 1 is 1.11 bits per heavy atom. The van der Waals surface area contributed by atoms with Crippen molar-refractivity contribution >= 4 is 44.8 Å². The van der Waals surface area contributed by atoms with Gasteiger partial charge in [0.25, 0.3) is 0 Å². The molecule has 3 aromatic carbocycles. The van der Waals surface area contributed by atoms with E-state index in [1.54, 1.807) is 29.7 Å². The summed E-state index contributed by atoms with van der Waals surface area (Å²) in [6.45, 7) is 2.77. The maximum atomic E-state index is 12.8. The van der Waals surface area contributed by atoms with E-state index in [0.29, 0.717) is 36.2 Å². The Hall–Kier alpha value is -3.66. The lowest BCUT2D eigenvalue weighted by Gasteiger charge is -2.13. The van der Waals surface area contributed by atoms with Gasteiger partial charge in [0.05, 0.1) is 16.8 Å². The predicted octanol–water partition coefficient (Wildman–Crippen LogP) is 5.23. The van der Waals surface area contributed by atoms with Gasteiger partial charge in [-0.05, 0) is 48.9 Å². The van der Waals surface area contributed by atoms with Crippen molar-refractivity contribution in [3.8, 4) is 5.75 Å². The van der Waals surface area contributed by atoms with Gasteiger partial charge < -0.3 is 19.4 Å². The van der Waals surface area contributed by atoms with Crippen molar-refractivity contribution < 1.29 is 24.2 Å². The number of nitrogens with zero attached hydrogens (tertiary/aromatic N) is 2. The molecule has 0 saturated carbocycles. The number of hydrogen-bond donors (Lipinski definition) is 1. The number of rotatable bonds is 12. The third kappa shape index (κ3) is 6.61. The van der Waals surface area contributed by atoms with Crippen LogP contribution in [0.15, 0.2) is 76.7 Å². The van der Waals surface area contributed by atoms with Crippen molar-refractivity contribution in [2.75, 3.05) is 20.3 Å². The van der Waals surface area contributed by atoms with Crippen LogP contribution < -0.4 is 9.61 Å². The summed E-state index contributed by atoms with van der Waals surface area (Å²) in [5, 5.41) is 14.0. The van der Waals surface area contributed by atoms with Gasteiger partial charge >= 0.3 is 10.8 Å². The molecule has 38 heavy (non-hydrogen) atoms. The first-order chi connectivity index (χ1) is 18.4. The van der Waals surface area contributed by atoms with Gasteiger partial charge in [-0.25, -0.2) is 4.79 Å². The van der Waals surface area contributed by atoms with Crippen molar-refractivity contribution in [3.63, 3.8) is 0 Å². The minimum Gasteiger partial charge on any atom is -0.492 e. The summed E-state index contributed by atoms with van der Waals surface area (Å²) in [5.41, 5.74) is 3.87. The van der Waals surface area contributed by atoms with E-state index in [-0.39, 0.29) is 11.3 Å². The lowest BCUT2D eigenvalue weighted by molar-refractivity contribution is -0.149. The molecule has 0 radical (unpaired) electrons. The van der Waals surface area contributed by atoms with E-state index in [9.17, 15) is 14.7 Å². The summed E-state index contributed by atoms with van der Waals surface area (Å²) < 4.78 is 13.6. The van der Waals surface area contributed by atoms with Gasteiger partial charge in [-0.15, -0.1) is 0 Å². The Labute approximate surface area is 228 Å². The molecule has 10 heteroatoms. The molecule has 0 bridgehead atoms. The third-order valence-electron chi connectivity index (χ3n) is 5.79. The molecule has 4 aromatic rings. The third-order valence-corrected chi connectivity index (χ3v) is 6.97. The van der Waals surface area contributed by atoms with E-state index in [0.717, 1.165) is 38.2 Å². The van der Waals surface area contributed by atoms with Gasteiger partial charge in [0.1, 0.15) is 25.2 Å². The van der Waals surface area contributed by atoms with Crippen LogP contribution in [0, 0.1) is 0 Å². The summed E-state index contributed by atoms with van der Waals surface area (Å²) in [4.78, 5) is 29.0. The number of aromatic nitrogens is 1. The molecule has 8 nitrogen and oxygen atoms in total. The van der Waals surface area contributed by atoms with Crippen LogP contribution in [0.5, 0.6) is 5.75 Å². The molecule has 0 aliphatic rings. The van der Waals surface area contributed by atoms with Crippen LogP contribution in [0.2, 0.25) is 5.02 Å². The molecule has 1 N–H and O–H groups in total. The zero-order chi connectivity index (χ0) is 27.1. The van der Waals surface area contributed by atoms with Crippen LogP contribution in [-0.2, 0) is 27.3 Å². The Bertz CT molecular complexity index is 1500. The zero-order valence-corrected chi connectivity index (χ0v) is 22.5. The number of carboxylic acid groups (broad SMARTS) is 1. The molecule has 4 rings (SSSR count). The fourth-order valence-electron chi connectivity index (χ4n) is 4.03. The lowest BCUT2D eigenvalue weighted by Crippen LogP contribution is -2.26. The van der Waals surface area contributed by atoms with Gasteiger partial charge in [0.2, 0.25) is 0 Å². The second kappa shape index (κ2) is 12.7. The number of carbonyl (C=O) groups is 1. The average Bonchev–Trinajstić information content (AvgIpc) is 3.22. The second-order valence-corrected chi connectivity index (χ2v) is 9.74. The van der Waals surface area contributed by atoms with E-state index in [1.807, 2.05) is 48.5 Å². The Balaban J connectivity index is 1.45. The summed E-state index contributed by atoms with van der Waals surface area (Å²) in [6, 6.07) is 20.3. The molecule has 0 amide bonds. The molecule has 0 fully saturated rings. The molecule has 0 spiro atoms. The SMILES string of the molecule is CCOC(Cc1ccc(OCCn2c(=O)sc3cc(C(=NOC)c4cccc(Cl)c4)ccc32)cc1)C(=O)O. The fraction of sp³-hybridized carbons (Fsp3) is 0.250. The van der Waals surface area contributed by atoms with Crippen molar-refractivity contribution in [2.45, 2.75) is 26.0 Å². The molecule has 1 atom stereocenters. The summed E-state index contributed by atoms with van der Waals surface area (Å²) in [5.74, 6) is -0.353. The topological polar surface area (TPSA) is 99.4 Å². The molecule has 0 aliphatic carbocycles.